The van der Waals surface area contributed by atoms with Gasteiger partial charge in [-0.15, -0.1) is 0 Å². The average molecular weight is 239 g/mol. The van der Waals surface area contributed by atoms with Crippen LogP contribution in [0.4, 0.5) is 4.39 Å². The minimum Gasteiger partial charge on any atom is -0.388 e. The first-order valence-electron chi connectivity index (χ1n) is 3.32. The summed E-state index contributed by atoms with van der Waals surface area (Å²) in [4.78, 5) is 0. The predicted molar refractivity (Wildman–Crippen MR) is 43.1 cm³/mol. The van der Waals surface area contributed by atoms with Crippen LogP contribution in [0.1, 0.15) is 0 Å². The Morgan fingerprint density at radius 2 is 2.08 bits per heavy atom. The molecule has 1 aliphatic heterocycles. The van der Waals surface area contributed by atoms with E-state index in [1.165, 1.54) is 0 Å². The van der Waals surface area contributed by atoms with Gasteiger partial charge < -0.3 is 14.9 Å². The van der Waals surface area contributed by atoms with Crippen LogP contribution in [0.2, 0.25) is 0 Å². The third-order valence-electron chi connectivity index (χ3n) is 1.63. The van der Waals surface area contributed by atoms with Crippen LogP contribution in [0, 0.1) is 6.92 Å². The lowest BCUT2D eigenvalue weighted by molar-refractivity contribution is 0.0389. The molecule has 1 saturated heterocycles. The number of rotatable bonds is 1. The zero-order chi connectivity index (χ0) is 9.30. The Bertz CT molecular complexity index is 193. The molecule has 0 aromatic carbocycles. The lowest BCUT2D eigenvalue weighted by Gasteiger charge is -2.09. The molecule has 0 spiro atoms. The van der Waals surface area contributed by atoms with Crippen LogP contribution >= 0.6 is 15.9 Å². The summed E-state index contributed by atoms with van der Waals surface area (Å²) in [6.45, 7) is 5.24. The SMILES string of the molecule is [CH][C@@H]1O[C@H](/C=C(/F)Br)[C@H](O)C1O. The second-order valence-corrected chi connectivity index (χ2v) is 3.26. The average Bonchev–Trinajstić information content (AvgIpc) is 2.17. The molecule has 1 aliphatic rings. The number of aliphatic hydroxyl groups is 2. The van der Waals surface area contributed by atoms with Crippen LogP contribution < -0.4 is 0 Å². The van der Waals surface area contributed by atoms with E-state index in [2.05, 4.69) is 15.9 Å². The molecule has 2 N–H and O–H groups in total. The lowest BCUT2D eigenvalue weighted by Crippen LogP contribution is -2.30. The van der Waals surface area contributed by atoms with Crippen LogP contribution in [0.25, 0.3) is 0 Å². The quantitative estimate of drug-likeness (QED) is 0.696. The Kier molecular flexibility index (Phi) is 3.22. The van der Waals surface area contributed by atoms with Crippen molar-refractivity contribution in [3.05, 3.63) is 17.7 Å². The standard InChI is InChI=1S/C7H8BrFO3/c1-3-6(10)7(11)4(12-3)2-5(8)9/h1-4,6-7,10-11H/b5-2+/t3-,4+,6?,7-/m0/s1. The van der Waals surface area contributed by atoms with Crippen molar-refractivity contribution in [2.24, 2.45) is 0 Å². The van der Waals surface area contributed by atoms with Crippen LogP contribution in [-0.2, 0) is 4.74 Å². The highest BCUT2D eigenvalue weighted by atomic mass is 79.9. The van der Waals surface area contributed by atoms with Crippen molar-refractivity contribution in [2.75, 3.05) is 0 Å². The fourth-order valence-corrected chi connectivity index (χ4v) is 1.25. The van der Waals surface area contributed by atoms with E-state index in [0.29, 0.717) is 0 Å². The summed E-state index contributed by atoms with van der Waals surface area (Å²) in [6, 6.07) is 0. The first-order chi connectivity index (χ1) is 5.52. The molecule has 4 atom stereocenters. The van der Waals surface area contributed by atoms with Gasteiger partial charge in [-0.25, -0.2) is 0 Å². The highest BCUT2D eigenvalue weighted by molar-refractivity contribution is 9.11. The number of aliphatic hydroxyl groups excluding tert-OH is 2. The van der Waals surface area contributed by atoms with E-state index in [1.807, 2.05) is 0 Å². The van der Waals surface area contributed by atoms with Crippen molar-refractivity contribution in [3.8, 4) is 0 Å². The van der Waals surface area contributed by atoms with E-state index in [9.17, 15) is 9.50 Å². The Balaban J connectivity index is 2.65. The zero-order valence-corrected chi connectivity index (χ0v) is 7.61. The summed E-state index contributed by atoms with van der Waals surface area (Å²) in [6.07, 6.45) is -3.20. The first kappa shape index (κ1) is 10.1. The topological polar surface area (TPSA) is 49.7 Å². The van der Waals surface area contributed by atoms with E-state index in [1.54, 1.807) is 0 Å². The minimum absolute atomic E-state index is 0.659. The molecular weight excluding hydrogens is 231 g/mol. The van der Waals surface area contributed by atoms with Crippen LogP contribution in [-0.4, -0.2) is 34.6 Å². The summed E-state index contributed by atoms with van der Waals surface area (Å²) in [5.41, 5.74) is 0. The van der Waals surface area contributed by atoms with Gasteiger partial charge in [0, 0.05) is 0 Å². The third-order valence-corrected chi connectivity index (χ3v) is 1.89. The Hall–Kier alpha value is 0.0300. The van der Waals surface area contributed by atoms with Crippen LogP contribution in [0.3, 0.4) is 0 Å². The van der Waals surface area contributed by atoms with Gasteiger partial charge in [-0.05, 0) is 28.9 Å². The molecule has 3 nitrogen and oxygen atoms in total. The Labute approximate surface area is 78.0 Å². The van der Waals surface area contributed by atoms with Gasteiger partial charge in [0.05, 0.1) is 6.10 Å². The van der Waals surface area contributed by atoms with Crippen molar-refractivity contribution in [1.29, 1.82) is 0 Å². The summed E-state index contributed by atoms with van der Waals surface area (Å²) >= 11 is 2.53. The maximum absolute atomic E-state index is 12.2. The molecule has 1 rings (SSSR count). The fraction of sp³-hybridized carbons (Fsp3) is 0.571. The lowest BCUT2D eigenvalue weighted by atomic mass is 10.1. The number of hydrogen-bond acceptors (Lipinski definition) is 3. The maximum Gasteiger partial charge on any atom is 0.164 e. The third kappa shape index (κ3) is 2.04. The molecule has 0 aromatic heterocycles. The van der Waals surface area contributed by atoms with E-state index in [4.69, 9.17) is 16.8 Å². The molecule has 12 heavy (non-hydrogen) atoms. The van der Waals surface area contributed by atoms with Gasteiger partial charge in [0.25, 0.3) is 0 Å². The summed E-state index contributed by atoms with van der Waals surface area (Å²) in [5.74, 6) is 0. The molecule has 0 amide bonds. The van der Waals surface area contributed by atoms with Crippen molar-refractivity contribution in [2.45, 2.75) is 24.4 Å². The number of ether oxygens (including phenoxy) is 1. The van der Waals surface area contributed by atoms with Gasteiger partial charge >= 0.3 is 0 Å². The van der Waals surface area contributed by atoms with Crippen LogP contribution in [0.5, 0.6) is 0 Å². The molecule has 5 heteroatoms. The van der Waals surface area contributed by atoms with Crippen LogP contribution in [0.15, 0.2) is 10.8 Å². The molecule has 1 heterocycles. The summed E-state index contributed by atoms with van der Waals surface area (Å²) < 4.78 is 16.4. The molecule has 2 radical (unpaired) electrons. The fourth-order valence-electron chi connectivity index (χ4n) is 0.993. The summed E-state index contributed by atoms with van der Waals surface area (Å²) in [7, 11) is 0. The number of hydrogen-bond donors (Lipinski definition) is 2. The summed E-state index contributed by atoms with van der Waals surface area (Å²) in [5, 5.41) is 18.3. The molecule has 0 saturated carbocycles. The van der Waals surface area contributed by atoms with Gasteiger partial charge in [0.2, 0.25) is 0 Å². The smallest absolute Gasteiger partial charge is 0.164 e. The zero-order valence-electron chi connectivity index (χ0n) is 6.02. The Morgan fingerprint density at radius 1 is 1.50 bits per heavy atom. The van der Waals surface area contributed by atoms with Gasteiger partial charge in [-0.2, -0.15) is 4.39 Å². The molecule has 1 unspecified atom stereocenters. The van der Waals surface area contributed by atoms with Gasteiger partial charge in [-0.1, -0.05) is 0 Å². The molecule has 0 aromatic rings. The van der Waals surface area contributed by atoms with Gasteiger partial charge in [0.1, 0.15) is 18.3 Å². The molecule has 0 aliphatic carbocycles. The van der Waals surface area contributed by atoms with Crippen molar-refractivity contribution >= 4 is 15.9 Å². The second kappa shape index (κ2) is 3.83. The molecule has 1 fully saturated rings. The second-order valence-electron chi connectivity index (χ2n) is 2.50. The molecule has 68 valence electrons. The number of halogens is 2. The maximum atomic E-state index is 12.2. The van der Waals surface area contributed by atoms with E-state index >= 15 is 0 Å². The van der Waals surface area contributed by atoms with Crippen molar-refractivity contribution < 1.29 is 19.3 Å². The highest BCUT2D eigenvalue weighted by Gasteiger charge is 2.39. The largest absolute Gasteiger partial charge is 0.388 e. The van der Waals surface area contributed by atoms with E-state index in [0.717, 1.165) is 6.08 Å². The van der Waals surface area contributed by atoms with E-state index in [-0.39, 0.29) is 0 Å². The van der Waals surface area contributed by atoms with E-state index < -0.39 is 29.2 Å². The first-order valence-corrected chi connectivity index (χ1v) is 4.11. The monoisotopic (exact) mass is 238 g/mol. The van der Waals surface area contributed by atoms with Gasteiger partial charge in [-0.3, -0.25) is 0 Å². The van der Waals surface area contributed by atoms with Crippen molar-refractivity contribution in [1.82, 2.24) is 0 Å². The highest BCUT2D eigenvalue weighted by Crippen LogP contribution is 2.23. The van der Waals surface area contributed by atoms with Gasteiger partial charge in [0.15, 0.2) is 4.74 Å². The normalized spacial score (nSPS) is 43.6. The molecular formula is C7H8BrFO3. The molecule has 0 bridgehead atoms. The minimum atomic E-state index is -1.18. The Morgan fingerprint density at radius 3 is 2.42 bits per heavy atom. The predicted octanol–water partition coefficient (Wildman–Crippen LogP) is 0.392. The van der Waals surface area contributed by atoms with Crippen molar-refractivity contribution in [3.63, 3.8) is 0 Å².